The van der Waals surface area contributed by atoms with Crippen LogP contribution in [-0.4, -0.2) is 42.2 Å². The lowest BCUT2D eigenvalue weighted by Gasteiger charge is -2.33. The molecule has 0 aliphatic carbocycles. The smallest absolute Gasteiger partial charge is 0.225 e. The van der Waals surface area contributed by atoms with Crippen LogP contribution >= 0.6 is 0 Å². The molecule has 1 aromatic heterocycles. The van der Waals surface area contributed by atoms with Gasteiger partial charge in [0.2, 0.25) is 5.95 Å². The van der Waals surface area contributed by atoms with E-state index in [-0.39, 0.29) is 0 Å². The molecule has 0 spiro atoms. The third kappa shape index (κ3) is 3.64. The predicted octanol–water partition coefficient (Wildman–Crippen LogP) is 2.12. The van der Waals surface area contributed by atoms with Crippen LogP contribution in [0.4, 0.5) is 11.6 Å². The van der Waals surface area contributed by atoms with E-state index >= 15 is 0 Å². The van der Waals surface area contributed by atoms with Gasteiger partial charge in [-0.1, -0.05) is 13.8 Å². The number of piperidine rings is 1. The highest BCUT2D eigenvalue weighted by atomic mass is 15.3. The van der Waals surface area contributed by atoms with Gasteiger partial charge in [0.15, 0.2) is 0 Å². The average Bonchev–Trinajstić information content (AvgIpc) is 3.01. The molecule has 0 radical (unpaired) electrons. The Morgan fingerprint density at radius 1 is 1.19 bits per heavy atom. The predicted molar refractivity (Wildman–Crippen MR) is 86.7 cm³/mol. The quantitative estimate of drug-likeness (QED) is 0.889. The van der Waals surface area contributed by atoms with Gasteiger partial charge in [-0.3, -0.25) is 0 Å². The van der Waals surface area contributed by atoms with Crippen LogP contribution in [0.1, 0.15) is 33.1 Å². The molecular weight excluding hydrogens is 262 g/mol. The summed E-state index contributed by atoms with van der Waals surface area (Å²) in [6.45, 7) is 8.96. The van der Waals surface area contributed by atoms with Crippen molar-refractivity contribution in [3.63, 3.8) is 0 Å². The van der Waals surface area contributed by atoms with E-state index in [4.69, 9.17) is 0 Å². The standard InChI is InChI=1S/C16H27N5/c1-12(2)13-4-7-21(8-5-13)16-18-10-15(11-19-16)20-14-3-6-17-9-14/h10-14,17,20H,3-9H2,1-2H3. The molecule has 3 heterocycles. The molecule has 0 saturated carbocycles. The van der Waals surface area contributed by atoms with Crippen molar-refractivity contribution in [2.24, 2.45) is 11.8 Å². The van der Waals surface area contributed by atoms with Gasteiger partial charge in [-0.15, -0.1) is 0 Å². The maximum absolute atomic E-state index is 4.55. The molecule has 5 nitrogen and oxygen atoms in total. The molecule has 3 rings (SSSR count). The summed E-state index contributed by atoms with van der Waals surface area (Å²) < 4.78 is 0. The van der Waals surface area contributed by atoms with E-state index < -0.39 is 0 Å². The van der Waals surface area contributed by atoms with Crippen LogP contribution in [-0.2, 0) is 0 Å². The zero-order valence-corrected chi connectivity index (χ0v) is 13.2. The normalized spacial score (nSPS) is 23.8. The second-order valence-corrected chi connectivity index (χ2v) is 6.67. The third-order valence-electron chi connectivity index (χ3n) is 4.83. The van der Waals surface area contributed by atoms with Crippen LogP contribution in [0.15, 0.2) is 12.4 Å². The Morgan fingerprint density at radius 2 is 1.90 bits per heavy atom. The molecule has 1 unspecified atom stereocenters. The van der Waals surface area contributed by atoms with Crippen LogP contribution < -0.4 is 15.5 Å². The summed E-state index contributed by atoms with van der Waals surface area (Å²) in [6, 6.07) is 0.515. The van der Waals surface area contributed by atoms with E-state index in [1.807, 2.05) is 12.4 Å². The summed E-state index contributed by atoms with van der Waals surface area (Å²) in [5.74, 6) is 2.53. The van der Waals surface area contributed by atoms with Crippen molar-refractivity contribution in [1.82, 2.24) is 15.3 Å². The zero-order chi connectivity index (χ0) is 14.7. The highest BCUT2D eigenvalue weighted by Gasteiger charge is 2.23. The fourth-order valence-corrected chi connectivity index (χ4v) is 3.34. The number of aromatic nitrogens is 2. The molecule has 2 N–H and O–H groups in total. The molecule has 2 aliphatic rings. The topological polar surface area (TPSA) is 53.1 Å². The summed E-state index contributed by atoms with van der Waals surface area (Å²) in [6.07, 6.45) is 7.54. The first-order chi connectivity index (χ1) is 10.2. The van der Waals surface area contributed by atoms with Gasteiger partial charge in [-0.2, -0.15) is 0 Å². The highest BCUT2D eigenvalue weighted by molar-refractivity contribution is 5.43. The maximum Gasteiger partial charge on any atom is 0.225 e. The van der Waals surface area contributed by atoms with Crippen LogP contribution in [0.3, 0.4) is 0 Å². The number of hydrogen-bond acceptors (Lipinski definition) is 5. The first-order valence-electron chi connectivity index (χ1n) is 8.26. The number of rotatable bonds is 4. The van der Waals surface area contributed by atoms with E-state index in [0.29, 0.717) is 6.04 Å². The van der Waals surface area contributed by atoms with Gasteiger partial charge in [0.1, 0.15) is 0 Å². The van der Waals surface area contributed by atoms with E-state index in [2.05, 4.69) is 39.3 Å². The molecule has 2 saturated heterocycles. The second-order valence-electron chi connectivity index (χ2n) is 6.67. The van der Waals surface area contributed by atoms with Crippen molar-refractivity contribution in [2.45, 2.75) is 39.2 Å². The van der Waals surface area contributed by atoms with E-state index in [1.54, 1.807) is 0 Å². The Bertz CT molecular complexity index is 430. The van der Waals surface area contributed by atoms with Gasteiger partial charge in [0.25, 0.3) is 0 Å². The number of nitrogens with one attached hydrogen (secondary N) is 2. The number of nitrogens with zero attached hydrogens (tertiary/aromatic N) is 3. The van der Waals surface area contributed by atoms with Gasteiger partial charge in [-0.05, 0) is 37.6 Å². The SMILES string of the molecule is CC(C)C1CCN(c2ncc(NC3CCNC3)cn2)CC1. The Morgan fingerprint density at radius 3 is 2.48 bits per heavy atom. The van der Waals surface area contributed by atoms with Crippen molar-refractivity contribution in [3.05, 3.63) is 12.4 Å². The van der Waals surface area contributed by atoms with E-state index in [1.165, 1.54) is 19.3 Å². The molecular formula is C16H27N5. The lowest BCUT2D eigenvalue weighted by molar-refractivity contribution is 0.310. The molecule has 21 heavy (non-hydrogen) atoms. The first kappa shape index (κ1) is 14.6. The maximum atomic E-state index is 4.55. The summed E-state index contributed by atoms with van der Waals surface area (Å²) in [4.78, 5) is 11.4. The lowest BCUT2D eigenvalue weighted by atomic mass is 9.87. The van der Waals surface area contributed by atoms with Crippen molar-refractivity contribution in [2.75, 3.05) is 36.4 Å². The van der Waals surface area contributed by atoms with Crippen LogP contribution in [0, 0.1) is 11.8 Å². The Labute approximate surface area is 127 Å². The molecule has 1 atom stereocenters. The molecule has 1 aromatic rings. The van der Waals surface area contributed by atoms with Crippen molar-refractivity contribution in [1.29, 1.82) is 0 Å². The Hall–Kier alpha value is -1.36. The van der Waals surface area contributed by atoms with Gasteiger partial charge in [0, 0.05) is 25.7 Å². The van der Waals surface area contributed by atoms with Gasteiger partial charge < -0.3 is 15.5 Å². The molecule has 0 bridgehead atoms. The minimum absolute atomic E-state index is 0.515. The fourth-order valence-electron chi connectivity index (χ4n) is 3.34. The van der Waals surface area contributed by atoms with Crippen LogP contribution in [0.25, 0.3) is 0 Å². The molecule has 2 aliphatic heterocycles. The Kier molecular flexibility index (Phi) is 4.58. The summed E-state index contributed by atoms with van der Waals surface area (Å²) >= 11 is 0. The van der Waals surface area contributed by atoms with E-state index in [0.717, 1.165) is 49.7 Å². The second kappa shape index (κ2) is 6.60. The van der Waals surface area contributed by atoms with Crippen LogP contribution in [0.2, 0.25) is 0 Å². The fraction of sp³-hybridized carbons (Fsp3) is 0.750. The summed E-state index contributed by atoms with van der Waals surface area (Å²) in [7, 11) is 0. The van der Waals surface area contributed by atoms with Crippen molar-refractivity contribution in [3.8, 4) is 0 Å². The van der Waals surface area contributed by atoms with Gasteiger partial charge in [0.05, 0.1) is 18.1 Å². The molecule has 0 amide bonds. The molecule has 116 valence electrons. The van der Waals surface area contributed by atoms with Crippen molar-refractivity contribution >= 4 is 11.6 Å². The largest absolute Gasteiger partial charge is 0.378 e. The summed E-state index contributed by atoms with van der Waals surface area (Å²) in [5, 5.41) is 6.84. The molecule has 0 aromatic carbocycles. The first-order valence-corrected chi connectivity index (χ1v) is 8.26. The summed E-state index contributed by atoms with van der Waals surface area (Å²) in [5.41, 5.74) is 1.03. The van der Waals surface area contributed by atoms with Crippen LogP contribution in [0.5, 0.6) is 0 Å². The average molecular weight is 289 g/mol. The lowest BCUT2D eigenvalue weighted by Crippen LogP contribution is -2.36. The van der Waals surface area contributed by atoms with Gasteiger partial charge >= 0.3 is 0 Å². The minimum Gasteiger partial charge on any atom is -0.378 e. The number of anilines is 2. The highest BCUT2D eigenvalue weighted by Crippen LogP contribution is 2.26. The zero-order valence-electron chi connectivity index (χ0n) is 13.2. The monoisotopic (exact) mass is 289 g/mol. The molecule has 5 heteroatoms. The van der Waals surface area contributed by atoms with Gasteiger partial charge in [-0.25, -0.2) is 9.97 Å². The Balaban J connectivity index is 1.54. The minimum atomic E-state index is 0.515. The number of hydrogen-bond donors (Lipinski definition) is 2. The third-order valence-corrected chi connectivity index (χ3v) is 4.83. The van der Waals surface area contributed by atoms with E-state index in [9.17, 15) is 0 Å². The van der Waals surface area contributed by atoms with Crippen molar-refractivity contribution < 1.29 is 0 Å². The molecule has 2 fully saturated rings.